The Balaban J connectivity index is 2.36. The van der Waals surface area contributed by atoms with Crippen molar-refractivity contribution in [2.45, 2.75) is 57.9 Å². The topological polar surface area (TPSA) is 21.3 Å². The lowest BCUT2D eigenvalue weighted by Gasteiger charge is -2.47. The molecule has 1 aromatic rings. The van der Waals surface area contributed by atoms with Gasteiger partial charge < -0.3 is 10.1 Å². The minimum atomic E-state index is 0.226. The quantitative estimate of drug-likeness (QED) is 0.814. The van der Waals surface area contributed by atoms with Gasteiger partial charge in [0.05, 0.1) is 0 Å². The Morgan fingerprint density at radius 1 is 1.14 bits per heavy atom. The van der Waals surface area contributed by atoms with Gasteiger partial charge in [0.1, 0.15) is 0 Å². The predicted octanol–water partition coefficient (Wildman–Crippen LogP) is 4.15. The molecule has 0 radical (unpaired) electrons. The van der Waals surface area contributed by atoms with Crippen molar-refractivity contribution in [2.24, 2.45) is 5.92 Å². The summed E-state index contributed by atoms with van der Waals surface area (Å²) in [6.07, 6.45) is 4.66. The van der Waals surface area contributed by atoms with Crippen LogP contribution < -0.4 is 5.32 Å². The zero-order valence-corrected chi connectivity index (χ0v) is 13.9. The molecule has 1 aliphatic heterocycles. The van der Waals surface area contributed by atoms with Crippen molar-refractivity contribution in [3.05, 3.63) is 35.9 Å². The fraction of sp³-hybridized carbons (Fsp3) is 0.684. The van der Waals surface area contributed by atoms with Crippen LogP contribution in [0.25, 0.3) is 0 Å². The Labute approximate surface area is 130 Å². The van der Waals surface area contributed by atoms with Crippen LogP contribution in [0.1, 0.15) is 52.0 Å². The maximum absolute atomic E-state index is 5.69. The number of hydrogen-bond donors (Lipinski definition) is 1. The van der Waals surface area contributed by atoms with E-state index >= 15 is 0 Å². The molecule has 0 spiro atoms. The Hall–Kier alpha value is -0.860. The normalized spacial score (nSPS) is 20.9. The van der Waals surface area contributed by atoms with Gasteiger partial charge in [-0.1, -0.05) is 57.5 Å². The van der Waals surface area contributed by atoms with Gasteiger partial charge in [-0.15, -0.1) is 0 Å². The van der Waals surface area contributed by atoms with Crippen LogP contribution in [0, 0.1) is 5.92 Å². The van der Waals surface area contributed by atoms with Gasteiger partial charge in [0, 0.05) is 24.7 Å². The Kier molecular flexibility index (Phi) is 6.25. The molecule has 1 saturated heterocycles. The summed E-state index contributed by atoms with van der Waals surface area (Å²) >= 11 is 0. The average molecular weight is 289 g/mol. The molecule has 1 heterocycles. The summed E-state index contributed by atoms with van der Waals surface area (Å²) in [5, 5.41) is 3.87. The minimum absolute atomic E-state index is 0.226. The highest BCUT2D eigenvalue weighted by Gasteiger charge is 2.43. The molecule has 1 aliphatic rings. The first-order valence-electron chi connectivity index (χ1n) is 8.61. The highest BCUT2D eigenvalue weighted by atomic mass is 16.5. The highest BCUT2D eigenvalue weighted by molar-refractivity contribution is 5.29. The van der Waals surface area contributed by atoms with Crippen LogP contribution in [0.3, 0.4) is 0 Å². The van der Waals surface area contributed by atoms with E-state index in [0.29, 0.717) is 12.0 Å². The number of ether oxygens (including phenoxy) is 1. The Morgan fingerprint density at radius 3 is 2.38 bits per heavy atom. The third kappa shape index (κ3) is 3.67. The summed E-state index contributed by atoms with van der Waals surface area (Å²) in [4.78, 5) is 0. The van der Waals surface area contributed by atoms with Crippen LogP contribution in [-0.4, -0.2) is 25.8 Å². The van der Waals surface area contributed by atoms with Gasteiger partial charge in [0.25, 0.3) is 0 Å². The Morgan fingerprint density at radius 2 is 1.81 bits per heavy atom. The summed E-state index contributed by atoms with van der Waals surface area (Å²) in [6, 6.07) is 11.6. The molecule has 1 N–H and O–H groups in total. The fourth-order valence-electron chi connectivity index (χ4n) is 3.76. The van der Waals surface area contributed by atoms with Gasteiger partial charge in [-0.05, 0) is 37.3 Å². The van der Waals surface area contributed by atoms with E-state index in [2.05, 4.69) is 56.4 Å². The average Bonchev–Trinajstić information content (AvgIpc) is 2.56. The standard InChI is InChI=1S/C19H31NO/c1-4-13-20-18(16(3)5-2)19(11-14-21-15-12-19)17-9-7-6-8-10-17/h6-10,16,18,20H,4-5,11-15H2,1-3H3. The lowest BCUT2D eigenvalue weighted by Crippen LogP contribution is -2.54. The first kappa shape index (κ1) is 16.5. The molecule has 0 aromatic heterocycles. The summed E-state index contributed by atoms with van der Waals surface area (Å²) in [7, 11) is 0. The molecule has 118 valence electrons. The molecule has 0 aliphatic carbocycles. The first-order valence-corrected chi connectivity index (χ1v) is 8.61. The molecule has 2 atom stereocenters. The SMILES string of the molecule is CCCNC(C(C)CC)C1(c2ccccc2)CCOCC1. The Bertz CT molecular complexity index is 397. The molecule has 2 unspecified atom stereocenters. The van der Waals surface area contributed by atoms with E-state index in [9.17, 15) is 0 Å². The lowest BCUT2D eigenvalue weighted by molar-refractivity contribution is 0.0246. The van der Waals surface area contributed by atoms with E-state index in [1.807, 2.05) is 0 Å². The van der Waals surface area contributed by atoms with E-state index in [1.165, 1.54) is 18.4 Å². The predicted molar refractivity (Wildman–Crippen MR) is 89.7 cm³/mol. The molecule has 1 fully saturated rings. The molecule has 21 heavy (non-hydrogen) atoms. The summed E-state index contributed by atoms with van der Waals surface area (Å²) in [5.41, 5.74) is 1.71. The second-order valence-electron chi connectivity index (χ2n) is 6.45. The van der Waals surface area contributed by atoms with Gasteiger partial charge in [-0.3, -0.25) is 0 Å². The van der Waals surface area contributed by atoms with Crippen molar-refractivity contribution < 1.29 is 4.74 Å². The van der Waals surface area contributed by atoms with Crippen molar-refractivity contribution in [1.82, 2.24) is 5.32 Å². The minimum Gasteiger partial charge on any atom is -0.381 e. The first-order chi connectivity index (χ1) is 10.2. The molecule has 0 amide bonds. The van der Waals surface area contributed by atoms with E-state index < -0.39 is 0 Å². The number of hydrogen-bond acceptors (Lipinski definition) is 2. The largest absolute Gasteiger partial charge is 0.381 e. The lowest BCUT2D eigenvalue weighted by atomic mass is 9.65. The van der Waals surface area contributed by atoms with Crippen LogP contribution in [0.5, 0.6) is 0 Å². The van der Waals surface area contributed by atoms with Gasteiger partial charge in [0.15, 0.2) is 0 Å². The van der Waals surface area contributed by atoms with Crippen molar-refractivity contribution in [1.29, 1.82) is 0 Å². The molecular weight excluding hydrogens is 258 g/mol. The van der Waals surface area contributed by atoms with Gasteiger partial charge >= 0.3 is 0 Å². The molecule has 2 rings (SSSR count). The van der Waals surface area contributed by atoms with Crippen molar-refractivity contribution >= 4 is 0 Å². The summed E-state index contributed by atoms with van der Waals surface area (Å²) < 4.78 is 5.69. The second kappa shape index (κ2) is 7.95. The molecule has 1 aromatic carbocycles. The maximum Gasteiger partial charge on any atom is 0.0475 e. The second-order valence-corrected chi connectivity index (χ2v) is 6.45. The molecule has 0 bridgehead atoms. The number of benzene rings is 1. The fourth-order valence-corrected chi connectivity index (χ4v) is 3.76. The van der Waals surface area contributed by atoms with E-state index in [1.54, 1.807) is 0 Å². The van der Waals surface area contributed by atoms with Gasteiger partial charge in [-0.2, -0.15) is 0 Å². The molecule has 2 heteroatoms. The van der Waals surface area contributed by atoms with Gasteiger partial charge in [-0.25, -0.2) is 0 Å². The van der Waals surface area contributed by atoms with Crippen LogP contribution >= 0.6 is 0 Å². The van der Waals surface area contributed by atoms with E-state index in [0.717, 1.165) is 32.6 Å². The molecule has 2 nitrogen and oxygen atoms in total. The van der Waals surface area contributed by atoms with Crippen LogP contribution in [0.15, 0.2) is 30.3 Å². The summed E-state index contributed by atoms with van der Waals surface area (Å²) in [6.45, 7) is 9.83. The van der Waals surface area contributed by atoms with E-state index in [4.69, 9.17) is 4.74 Å². The third-order valence-corrected chi connectivity index (χ3v) is 5.16. The highest BCUT2D eigenvalue weighted by Crippen LogP contribution is 2.41. The third-order valence-electron chi connectivity index (χ3n) is 5.16. The zero-order chi connectivity index (χ0) is 15.1. The number of rotatable bonds is 7. The van der Waals surface area contributed by atoms with E-state index in [-0.39, 0.29) is 5.41 Å². The van der Waals surface area contributed by atoms with Crippen LogP contribution in [0.4, 0.5) is 0 Å². The van der Waals surface area contributed by atoms with Crippen LogP contribution in [-0.2, 0) is 10.2 Å². The molecular formula is C19H31NO. The number of nitrogens with one attached hydrogen (secondary N) is 1. The maximum atomic E-state index is 5.69. The van der Waals surface area contributed by atoms with Crippen molar-refractivity contribution in [3.8, 4) is 0 Å². The van der Waals surface area contributed by atoms with Crippen LogP contribution in [0.2, 0.25) is 0 Å². The van der Waals surface area contributed by atoms with Crippen molar-refractivity contribution in [3.63, 3.8) is 0 Å². The zero-order valence-electron chi connectivity index (χ0n) is 13.9. The molecule has 0 saturated carbocycles. The monoisotopic (exact) mass is 289 g/mol. The smallest absolute Gasteiger partial charge is 0.0475 e. The van der Waals surface area contributed by atoms with Gasteiger partial charge in [0.2, 0.25) is 0 Å². The van der Waals surface area contributed by atoms with Crippen molar-refractivity contribution in [2.75, 3.05) is 19.8 Å². The summed E-state index contributed by atoms with van der Waals surface area (Å²) in [5.74, 6) is 0.676.